The molecule has 4 rings (SSSR count). The van der Waals surface area contributed by atoms with Crippen molar-refractivity contribution < 1.29 is 22.7 Å². The molecule has 0 saturated heterocycles. The van der Waals surface area contributed by atoms with E-state index in [-0.39, 0.29) is 23.4 Å². The fourth-order valence-corrected chi connectivity index (χ4v) is 7.03. The fourth-order valence-electron chi connectivity index (χ4n) is 5.53. The van der Waals surface area contributed by atoms with Crippen LogP contribution in [-0.2, 0) is 26.2 Å². The highest BCUT2D eigenvalue weighted by molar-refractivity contribution is 7.92. The van der Waals surface area contributed by atoms with Crippen LogP contribution in [0.4, 0.5) is 5.69 Å². The molecule has 2 amide bonds. The van der Waals surface area contributed by atoms with E-state index in [9.17, 15) is 18.0 Å². The van der Waals surface area contributed by atoms with Gasteiger partial charge in [-0.15, -0.1) is 0 Å². The Morgan fingerprint density at radius 2 is 1.64 bits per heavy atom. The lowest BCUT2D eigenvalue weighted by Gasteiger charge is -2.34. The highest BCUT2D eigenvalue weighted by atomic mass is 32.2. The molecule has 1 aliphatic rings. The minimum atomic E-state index is -4.10. The summed E-state index contributed by atoms with van der Waals surface area (Å²) in [6.45, 7) is 5.33. The number of carbonyl (C=O) groups excluding carboxylic acids is 2. The maximum atomic E-state index is 14.3. The number of sulfonamides is 1. The first kappa shape index (κ1) is 31.1. The number of hydrogen-bond acceptors (Lipinski definition) is 5. The Morgan fingerprint density at radius 1 is 0.976 bits per heavy atom. The van der Waals surface area contributed by atoms with Crippen molar-refractivity contribution in [3.63, 3.8) is 0 Å². The van der Waals surface area contributed by atoms with E-state index >= 15 is 0 Å². The normalized spacial score (nSPS) is 14.3. The number of hydrogen-bond donors (Lipinski definition) is 1. The number of methoxy groups -OCH3 is 1. The summed E-state index contributed by atoms with van der Waals surface area (Å²) in [6, 6.07) is 20.2. The first-order chi connectivity index (χ1) is 20.1. The molecule has 0 unspecified atom stereocenters. The third-order valence-corrected chi connectivity index (χ3v) is 9.60. The fraction of sp³-hybridized carbons (Fsp3) is 0.394. The van der Waals surface area contributed by atoms with Crippen molar-refractivity contribution in [3.05, 3.63) is 89.5 Å². The summed E-state index contributed by atoms with van der Waals surface area (Å²) in [6.07, 6.45) is 4.36. The van der Waals surface area contributed by atoms with Crippen LogP contribution < -0.4 is 14.4 Å². The van der Waals surface area contributed by atoms with E-state index in [1.807, 2.05) is 45.0 Å². The number of carbonyl (C=O) groups is 2. The molecule has 1 saturated carbocycles. The molecule has 3 aromatic rings. The van der Waals surface area contributed by atoms with Crippen LogP contribution in [0.1, 0.15) is 55.7 Å². The summed E-state index contributed by atoms with van der Waals surface area (Å²) in [4.78, 5) is 29.4. The molecule has 1 atom stereocenters. The monoisotopic (exact) mass is 591 g/mol. The van der Waals surface area contributed by atoms with E-state index < -0.39 is 28.5 Å². The summed E-state index contributed by atoms with van der Waals surface area (Å²) >= 11 is 0. The van der Waals surface area contributed by atoms with Crippen molar-refractivity contribution in [3.8, 4) is 5.75 Å². The third-order valence-electron chi connectivity index (χ3n) is 7.83. The van der Waals surface area contributed by atoms with Crippen LogP contribution in [0.2, 0.25) is 0 Å². The molecule has 42 heavy (non-hydrogen) atoms. The van der Waals surface area contributed by atoms with E-state index in [4.69, 9.17) is 4.74 Å². The van der Waals surface area contributed by atoms with Crippen LogP contribution in [-0.4, -0.2) is 50.9 Å². The van der Waals surface area contributed by atoms with E-state index in [0.717, 1.165) is 42.4 Å². The lowest BCUT2D eigenvalue weighted by molar-refractivity contribution is -0.140. The van der Waals surface area contributed by atoms with Crippen LogP contribution in [0.3, 0.4) is 0 Å². The smallest absolute Gasteiger partial charge is 0.264 e. The first-order valence-electron chi connectivity index (χ1n) is 14.5. The van der Waals surface area contributed by atoms with Gasteiger partial charge in [0.25, 0.3) is 10.0 Å². The molecule has 1 N–H and O–H groups in total. The van der Waals surface area contributed by atoms with Gasteiger partial charge in [0.2, 0.25) is 11.8 Å². The molecule has 9 heteroatoms. The second-order valence-corrected chi connectivity index (χ2v) is 12.8. The molecule has 1 fully saturated rings. The molecule has 224 valence electrons. The van der Waals surface area contributed by atoms with Gasteiger partial charge in [0.1, 0.15) is 18.3 Å². The summed E-state index contributed by atoms with van der Waals surface area (Å²) in [5, 5.41) is 3.14. The molecule has 0 spiro atoms. The number of nitrogens with zero attached hydrogens (tertiary/aromatic N) is 2. The molecule has 1 aliphatic carbocycles. The number of nitrogens with one attached hydrogen (secondary N) is 1. The highest BCUT2D eigenvalue weighted by Crippen LogP contribution is 2.28. The zero-order valence-electron chi connectivity index (χ0n) is 24.9. The Kier molecular flexibility index (Phi) is 10.3. The van der Waals surface area contributed by atoms with Crippen molar-refractivity contribution >= 4 is 27.5 Å². The molecule has 8 nitrogen and oxygen atoms in total. The van der Waals surface area contributed by atoms with E-state index in [2.05, 4.69) is 5.32 Å². The number of ether oxygens (including phenoxy) is 1. The summed E-state index contributed by atoms with van der Waals surface area (Å²) in [5.74, 6) is 0.00610. The average Bonchev–Trinajstić information content (AvgIpc) is 3.50. The minimum absolute atomic E-state index is 0.0884. The van der Waals surface area contributed by atoms with Gasteiger partial charge in [-0.1, -0.05) is 67.8 Å². The zero-order chi connectivity index (χ0) is 30.3. The lowest BCUT2D eigenvalue weighted by atomic mass is 10.1. The van der Waals surface area contributed by atoms with Crippen molar-refractivity contribution in [2.75, 3.05) is 18.0 Å². The number of benzene rings is 3. The van der Waals surface area contributed by atoms with Gasteiger partial charge < -0.3 is 15.0 Å². The zero-order valence-corrected chi connectivity index (χ0v) is 25.7. The van der Waals surface area contributed by atoms with E-state index in [0.29, 0.717) is 17.9 Å². The van der Waals surface area contributed by atoms with Crippen LogP contribution in [0, 0.1) is 13.8 Å². The van der Waals surface area contributed by atoms with Crippen molar-refractivity contribution in [1.29, 1.82) is 0 Å². The maximum absolute atomic E-state index is 14.3. The molecule has 0 heterocycles. The summed E-state index contributed by atoms with van der Waals surface area (Å²) < 4.78 is 34.5. The number of rotatable bonds is 12. The molecular formula is C33H41N3O5S. The summed E-state index contributed by atoms with van der Waals surface area (Å²) in [5.41, 5.74) is 2.94. The second kappa shape index (κ2) is 13.9. The van der Waals surface area contributed by atoms with Crippen molar-refractivity contribution in [2.45, 2.75) is 76.4 Å². The van der Waals surface area contributed by atoms with Gasteiger partial charge in [0.15, 0.2) is 0 Å². The van der Waals surface area contributed by atoms with Crippen LogP contribution >= 0.6 is 0 Å². The van der Waals surface area contributed by atoms with Crippen LogP contribution in [0.25, 0.3) is 0 Å². The molecule has 0 aromatic heterocycles. The Labute approximate surface area is 249 Å². The molecular weight excluding hydrogens is 550 g/mol. The van der Waals surface area contributed by atoms with Gasteiger partial charge in [-0.3, -0.25) is 13.9 Å². The number of aryl methyl sites for hydroxylation is 2. The SMILES string of the molecule is CC[C@H](C(=O)NC1CCCC1)N(Cc1ccc(OC)cc1)C(=O)CN(c1ccc(C)cc1C)S(=O)(=O)c1ccccc1. The molecule has 0 radical (unpaired) electrons. The summed E-state index contributed by atoms with van der Waals surface area (Å²) in [7, 11) is -2.52. The Hall–Kier alpha value is -3.85. The number of amides is 2. The van der Waals surface area contributed by atoms with Gasteiger partial charge in [-0.05, 0) is 74.6 Å². The van der Waals surface area contributed by atoms with Gasteiger partial charge in [0.05, 0.1) is 17.7 Å². The maximum Gasteiger partial charge on any atom is 0.264 e. The quantitative estimate of drug-likeness (QED) is 0.305. The van der Waals surface area contributed by atoms with Crippen molar-refractivity contribution in [1.82, 2.24) is 10.2 Å². The topological polar surface area (TPSA) is 96.0 Å². The minimum Gasteiger partial charge on any atom is -0.497 e. The van der Waals surface area contributed by atoms with E-state index in [1.54, 1.807) is 43.5 Å². The second-order valence-electron chi connectivity index (χ2n) is 10.9. The van der Waals surface area contributed by atoms with Gasteiger partial charge >= 0.3 is 0 Å². The van der Waals surface area contributed by atoms with Gasteiger partial charge in [0, 0.05) is 12.6 Å². The van der Waals surface area contributed by atoms with E-state index in [1.165, 1.54) is 21.3 Å². The highest BCUT2D eigenvalue weighted by Gasteiger charge is 2.35. The molecule has 0 bridgehead atoms. The standard InChI is InChI=1S/C33H41N3O5S/c1-5-30(33(38)34-27-11-9-10-12-27)35(22-26-16-18-28(41-4)19-17-26)32(37)23-36(31-20-15-24(2)21-25(31)3)42(39,40)29-13-7-6-8-14-29/h6-8,13-21,27,30H,5,9-12,22-23H2,1-4H3,(H,34,38)/t30-/m1/s1. The predicted molar refractivity (Wildman–Crippen MR) is 165 cm³/mol. The largest absolute Gasteiger partial charge is 0.497 e. The lowest BCUT2D eigenvalue weighted by Crippen LogP contribution is -2.53. The first-order valence-corrected chi connectivity index (χ1v) is 16.0. The Balaban J connectivity index is 1.72. The Bertz CT molecular complexity index is 1470. The average molecular weight is 592 g/mol. The van der Waals surface area contributed by atoms with Crippen LogP contribution in [0.15, 0.2) is 77.7 Å². The predicted octanol–water partition coefficient (Wildman–Crippen LogP) is 5.37. The number of anilines is 1. The third kappa shape index (κ3) is 7.31. The Morgan fingerprint density at radius 3 is 2.24 bits per heavy atom. The van der Waals surface area contributed by atoms with Crippen molar-refractivity contribution in [2.24, 2.45) is 0 Å². The van der Waals surface area contributed by atoms with Crippen LogP contribution in [0.5, 0.6) is 5.75 Å². The molecule has 3 aromatic carbocycles. The molecule has 0 aliphatic heterocycles. The van der Waals surface area contributed by atoms with Gasteiger partial charge in [-0.25, -0.2) is 8.42 Å². The van der Waals surface area contributed by atoms with Gasteiger partial charge in [-0.2, -0.15) is 0 Å².